The number of benzene rings is 4. The van der Waals surface area contributed by atoms with E-state index >= 15 is 0 Å². The Morgan fingerprint density at radius 2 is 1.67 bits per heavy atom. The van der Waals surface area contributed by atoms with E-state index in [1.54, 1.807) is 54.6 Å². The second-order valence-corrected chi connectivity index (χ2v) is 11.6. The van der Waals surface area contributed by atoms with Crippen LogP contribution in [0.1, 0.15) is 34.8 Å². The third kappa shape index (κ3) is 8.64. The van der Waals surface area contributed by atoms with Crippen molar-refractivity contribution in [1.29, 1.82) is 0 Å². The minimum atomic E-state index is -0.531. The van der Waals surface area contributed by atoms with Crippen LogP contribution in [0.4, 0.5) is 15.8 Å². The molecule has 0 spiro atoms. The fourth-order valence-electron chi connectivity index (χ4n) is 4.01. The Bertz CT molecular complexity index is 1630. The van der Waals surface area contributed by atoms with Gasteiger partial charge in [0.2, 0.25) is 5.91 Å². The number of anilines is 2. The molecule has 4 aromatic carbocycles. The highest BCUT2D eigenvalue weighted by atomic mass is 79.9. The van der Waals surface area contributed by atoms with Crippen LogP contribution in [0.25, 0.3) is 6.08 Å². The molecule has 3 amide bonds. The van der Waals surface area contributed by atoms with Gasteiger partial charge in [-0.25, -0.2) is 4.39 Å². The number of thioether (sulfide) groups is 1. The van der Waals surface area contributed by atoms with Crippen LogP contribution >= 0.6 is 27.7 Å². The van der Waals surface area contributed by atoms with Gasteiger partial charge in [0.25, 0.3) is 11.8 Å². The molecule has 0 aliphatic carbocycles. The van der Waals surface area contributed by atoms with E-state index in [1.165, 1.54) is 23.9 Å². The number of hydrogen-bond donors (Lipinski definition) is 3. The Hall–Kier alpha value is -4.21. The van der Waals surface area contributed by atoms with E-state index < -0.39 is 22.9 Å². The summed E-state index contributed by atoms with van der Waals surface area (Å²) in [4.78, 5) is 40.0. The second-order valence-electron chi connectivity index (χ2n) is 9.40. The number of hydrogen-bond acceptors (Lipinski definition) is 4. The van der Waals surface area contributed by atoms with Gasteiger partial charge < -0.3 is 16.0 Å². The highest BCUT2D eigenvalue weighted by Crippen LogP contribution is 2.29. The SMILES string of the molecule is CCC(Sc1cccc(NC(=O)/C(=C\c2cccc(C)c2)NC(=O)c2ccccc2)c1)C(=O)Nc1ccc(Br)cc1F. The minimum Gasteiger partial charge on any atom is -0.323 e. The van der Waals surface area contributed by atoms with Gasteiger partial charge in [-0.2, -0.15) is 0 Å². The molecule has 6 nitrogen and oxygen atoms in total. The topological polar surface area (TPSA) is 87.3 Å². The van der Waals surface area contributed by atoms with Crippen LogP contribution in [0.2, 0.25) is 0 Å². The van der Waals surface area contributed by atoms with E-state index in [2.05, 4.69) is 31.9 Å². The molecule has 214 valence electrons. The number of amides is 3. The zero-order chi connectivity index (χ0) is 30.1. The van der Waals surface area contributed by atoms with E-state index in [0.717, 1.165) is 16.0 Å². The van der Waals surface area contributed by atoms with Gasteiger partial charge in [0.1, 0.15) is 11.5 Å². The molecule has 4 aromatic rings. The van der Waals surface area contributed by atoms with E-state index in [0.29, 0.717) is 22.1 Å². The molecule has 0 saturated heterocycles. The van der Waals surface area contributed by atoms with Crippen molar-refractivity contribution in [3.8, 4) is 0 Å². The van der Waals surface area contributed by atoms with Gasteiger partial charge in [0.15, 0.2) is 0 Å². The maximum atomic E-state index is 14.3. The van der Waals surface area contributed by atoms with E-state index in [9.17, 15) is 18.8 Å². The number of rotatable bonds is 10. The molecule has 0 saturated carbocycles. The lowest BCUT2D eigenvalue weighted by atomic mass is 10.1. The van der Waals surface area contributed by atoms with Gasteiger partial charge >= 0.3 is 0 Å². The van der Waals surface area contributed by atoms with Crippen molar-refractivity contribution in [2.24, 2.45) is 0 Å². The molecule has 0 heterocycles. The molecule has 0 fully saturated rings. The summed E-state index contributed by atoms with van der Waals surface area (Å²) < 4.78 is 14.8. The third-order valence-corrected chi connectivity index (χ3v) is 7.96. The fraction of sp³-hybridized carbons (Fsp3) is 0.121. The Labute approximate surface area is 256 Å². The van der Waals surface area contributed by atoms with Crippen molar-refractivity contribution in [3.63, 3.8) is 0 Å². The van der Waals surface area contributed by atoms with Crippen molar-refractivity contribution < 1.29 is 18.8 Å². The summed E-state index contributed by atoms with van der Waals surface area (Å²) in [5, 5.41) is 7.76. The Balaban J connectivity index is 1.50. The lowest BCUT2D eigenvalue weighted by Gasteiger charge is -2.16. The van der Waals surface area contributed by atoms with Crippen molar-refractivity contribution >= 4 is 62.9 Å². The zero-order valence-electron chi connectivity index (χ0n) is 23.0. The van der Waals surface area contributed by atoms with Gasteiger partial charge in [0, 0.05) is 20.6 Å². The number of aryl methyl sites for hydroxylation is 1. The molecule has 0 radical (unpaired) electrons. The van der Waals surface area contributed by atoms with Crippen molar-refractivity contribution in [2.45, 2.75) is 30.4 Å². The van der Waals surface area contributed by atoms with E-state index in [1.807, 2.05) is 50.2 Å². The number of nitrogens with one attached hydrogen (secondary N) is 3. The third-order valence-electron chi connectivity index (χ3n) is 6.10. The standard InChI is InChI=1S/C33H29BrFN3O3S/c1-3-30(33(41)37-28-16-15-24(34)19-27(28)35)42-26-14-8-13-25(20-26)36-32(40)29(18-22-10-7-9-21(2)17-22)38-31(39)23-11-5-4-6-12-23/h4-20,30H,3H2,1-2H3,(H,36,40)(H,37,41)(H,38,39)/b29-18+. The summed E-state index contributed by atoms with van der Waals surface area (Å²) in [5.74, 6) is -1.77. The van der Waals surface area contributed by atoms with Gasteiger partial charge in [-0.1, -0.05) is 76.9 Å². The lowest BCUT2D eigenvalue weighted by Crippen LogP contribution is -2.30. The molecule has 1 unspecified atom stereocenters. The first kappa shape index (κ1) is 30.7. The molecular weight excluding hydrogens is 617 g/mol. The molecule has 1 atom stereocenters. The van der Waals surface area contributed by atoms with E-state index in [-0.39, 0.29) is 17.3 Å². The number of carbonyl (C=O) groups is 3. The summed E-state index contributed by atoms with van der Waals surface area (Å²) in [6.45, 7) is 3.82. The normalized spacial score (nSPS) is 11.9. The molecule has 0 bridgehead atoms. The minimum absolute atomic E-state index is 0.0786. The molecular formula is C33H29BrFN3O3S. The highest BCUT2D eigenvalue weighted by Gasteiger charge is 2.20. The maximum Gasteiger partial charge on any atom is 0.272 e. The molecule has 0 aliphatic heterocycles. The Morgan fingerprint density at radius 1 is 0.905 bits per heavy atom. The average molecular weight is 647 g/mol. The summed E-state index contributed by atoms with van der Waals surface area (Å²) in [5.41, 5.74) is 2.87. The van der Waals surface area contributed by atoms with Crippen LogP contribution in [0.5, 0.6) is 0 Å². The quantitative estimate of drug-likeness (QED) is 0.121. The summed E-state index contributed by atoms with van der Waals surface area (Å²) >= 11 is 4.52. The second kappa shape index (κ2) is 14.6. The smallest absolute Gasteiger partial charge is 0.272 e. The maximum absolute atomic E-state index is 14.3. The molecule has 0 aliphatic rings. The van der Waals surface area contributed by atoms with Gasteiger partial charge in [0.05, 0.1) is 10.9 Å². The van der Waals surface area contributed by atoms with Crippen LogP contribution < -0.4 is 16.0 Å². The van der Waals surface area contributed by atoms with Crippen LogP contribution in [-0.4, -0.2) is 23.0 Å². The molecule has 4 rings (SSSR count). The predicted molar refractivity (Wildman–Crippen MR) is 171 cm³/mol. The monoisotopic (exact) mass is 645 g/mol. The van der Waals surface area contributed by atoms with Crippen molar-refractivity contribution in [2.75, 3.05) is 10.6 Å². The van der Waals surface area contributed by atoms with Gasteiger partial charge in [-0.3, -0.25) is 14.4 Å². The highest BCUT2D eigenvalue weighted by molar-refractivity contribution is 9.10. The molecule has 0 aromatic heterocycles. The summed E-state index contributed by atoms with van der Waals surface area (Å²) in [6, 6.07) is 27.8. The molecule has 42 heavy (non-hydrogen) atoms. The largest absolute Gasteiger partial charge is 0.323 e. The first-order chi connectivity index (χ1) is 20.2. The van der Waals surface area contributed by atoms with Crippen LogP contribution in [0.3, 0.4) is 0 Å². The average Bonchev–Trinajstić information content (AvgIpc) is 2.97. The molecule has 9 heteroatoms. The fourth-order valence-corrected chi connectivity index (χ4v) is 5.35. The van der Waals surface area contributed by atoms with Crippen LogP contribution in [0, 0.1) is 12.7 Å². The summed E-state index contributed by atoms with van der Waals surface area (Å²) in [7, 11) is 0. The lowest BCUT2D eigenvalue weighted by molar-refractivity contribution is -0.116. The predicted octanol–water partition coefficient (Wildman–Crippen LogP) is 7.82. The van der Waals surface area contributed by atoms with Gasteiger partial charge in [-0.05, 0) is 73.5 Å². The zero-order valence-corrected chi connectivity index (χ0v) is 25.4. The number of carbonyl (C=O) groups excluding carboxylic acids is 3. The van der Waals surface area contributed by atoms with Gasteiger partial charge in [-0.15, -0.1) is 11.8 Å². The molecule has 3 N–H and O–H groups in total. The first-order valence-corrected chi connectivity index (χ1v) is 14.9. The Morgan fingerprint density at radius 3 is 2.38 bits per heavy atom. The van der Waals surface area contributed by atoms with Crippen molar-refractivity contribution in [3.05, 3.63) is 130 Å². The Kier molecular flexibility index (Phi) is 10.7. The van der Waals surface area contributed by atoms with Crippen molar-refractivity contribution in [1.82, 2.24) is 5.32 Å². The first-order valence-electron chi connectivity index (χ1n) is 13.2. The van der Waals surface area contributed by atoms with E-state index in [4.69, 9.17) is 0 Å². The summed E-state index contributed by atoms with van der Waals surface area (Å²) in [6.07, 6.45) is 2.13. The number of halogens is 2. The van der Waals surface area contributed by atoms with Crippen LogP contribution in [0.15, 0.2) is 112 Å². The van der Waals surface area contributed by atoms with Crippen LogP contribution in [-0.2, 0) is 9.59 Å².